The Balaban J connectivity index is 2.03. The van der Waals surface area contributed by atoms with Crippen LogP contribution in [0.5, 0.6) is 0 Å². The second kappa shape index (κ2) is 8.64. The molecule has 0 spiro atoms. The summed E-state index contributed by atoms with van der Waals surface area (Å²) in [7, 11) is 0. The SMILES string of the molecule is CCCNCCCNCc1cc(Br)c(Br)s1. The Morgan fingerprint density at radius 2 is 1.94 bits per heavy atom. The summed E-state index contributed by atoms with van der Waals surface area (Å²) < 4.78 is 2.33. The van der Waals surface area contributed by atoms with E-state index < -0.39 is 0 Å². The van der Waals surface area contributed by atoms with Gasteiger partial charge in [0, 0.05) is 15.9 Å². The highest BCUT2D eigenvalue weighted by atomic mass is 79.9. The lowest BCUT2D eigenvalue weighted by Gasteiger charge is -2.04. The van der Waals surface area contributed by atoms with E-state index in [1.807, 2.05) is 0 Å². The quantitative estimate of drug-likeness (QED) is 0.682. The van der Waals surface area contributed by atoms with E-state index in [2.05, 4.69) is 55.5 Å². The van der Waals surface area contributed by atoms with Gasteiger partial charge in [-0.2, -0.15) is 0 Å². The number of rotatable bonds is 8. The summed E-state index contributed by atoms with van der Waals surface area (Å²) in [6.45, 7) is 6.47. The average molecular weight is 370 g/mol. The summed E-state index contributed by atoms with van der Waals surface area (Å²) >= 11 is 8.77. The van der Waals surface area contributed by atoms with Crippen LogP contribution in [0.3, 0.4) is 0 Å². The van der Waals surface area contributed by atoms with Crippen molar-refractivity contribution in [2.75, 3.05) is 19.6 Å². The van der Waals surface area contributed by atoms with Crippen molar-refractivity contribution in [1.29, 1.82) is 0 Å². The zero-order chi connectivity index (χ0) is 11.8. The van der Waals surface area contributed by atoms with Crippen LogP contribution in [0.25, 0.3) is 0 Å². The summed E-state index contributed by atoms with van der Waals surface area (Å²) in [6, 6.07) is 2.16. The van der Waals surface area contributed by atoms with Crippen molar-refractivity contribution in [2.24, 2.45) is 0 Å². The van der Waals surface area contributed by atoms with Crippen LogP contribution in [-0.2, 0) is 6.54 Å². The summed E-state index contributed by atoms with van der Waals surface area (Å²) in [5, 5.41) is 6.84. The van der Waals surface area contributed by atoms with E-state index in [1.165, 1.54) is 21.5 Å². The van der Waals surface area contributed by atoms with Crippen LogP contribution in [-0.4, -0.2) is 19.6 Å². The van der Waals surface area contributed by atoms with E-state index in [4.69, 9.17) is 0 Å². The van der Waals surface area contributed by atoms with Crippen LogP contribution >= 0.6 is 43.2 Å². The van der Waals surface area contributed by atoms with Crippen LogP contribution in [0.2, 0.25) is 0 Å². The molecule has 0 amide bonds. The maximum Gasteiger partial charge on any atom is 0.0843 e. The van der Waals surface area contributed by atoms with Crippen molar-refractivity contribution in [1.82, 2.24) is 10.6 Å². The van der Waals surface area contributed by atoms with E-state index in [1.54, 1.807) is 11.3 Å². The summed E-state index contributed by atoms with van der Waals surface area (Å²) in [6.07, 6.45) is 2.40. The Kier molecular flexibility index (Phi) is 7.90. The first-order valence-corrected chi connectivity index (χ1v) is 7.99. The largest absolute Gasteiger partial charge is 0.317 e. The minimum atomic E-state index is 0.961. The second-order valence-corrected chi connectivity index (χ2v) is 6.92. The third-order valence-electron chi connectivity index (χ3n) is 2.13. The topological polar surface area (TPSA) is 24.1 Å². The molecule has 0 radical (unpaired) electrons. The lowest BCUT2D eigenvalue weighted by molar-refractivity contribution is 0.594. The molecule has 0 saturated carbocycles. The summed E-state index contributed by atoms with van der Waals surface area (Å²) in [4.78, 5) is 1.36. The molecule has 0 fully saturated rings. The van der Waals surface area contributed by atoms with Crippen molar-refractivity contribution in [3.63, 3.8) is 0 Å². The molecule has 1 heterocycles. The monoisotopic (exact) mass is 368 g/mol. The lowest BCUT2D eigenvalue weighted by Crippen LogP contribution is -2.21. The predicted octanol–water partition coefficient (Wildman–Crippen LogP) is 3.75. The van der Waals surface area contributed by atoms with E-state index in [0.717, 1.165) is 30.7 Å². The van der Waals surface area contributed by atoms with Crippen molar-refractivity contribution in [3.8, 4) is 0 Å². The van der Waals surface area contributed by atoms with Crippen molar-refractivity contribution in [2.45, 2.75) is 26.3 Å². The number of nitrogens with one attached hydrogen (secondary N) is 2. The Bertz CT molecular complexity index is 283. The highest BCUT2D eigenvalue weighted by molar-refractivity contribution is 9.13. The highest BCUT2D eigenvalue weighted by Crippen LogP contribution is 2.32. The van der Waals surface area contributed by atoms with Gasteiger partial charge in [-0.3, -0.25) is 0 Å². The molecule has 0 aliphatic heterocycles. The minimum absolute atomic E-state index is 0.961. The molecule has 0 aromatic carbocycles. The first kappa shape index (κ1) is 14.6. The molecular formula is C11H18Br2N2S. The lowest BCUT2D eigenvalue weighted by atomic mass is 10.4. The molecule has 16 heavy (non-hydrogen) atoms. The molecule has 0 bridgehead atoms. The fraction of sp³-hybridized carbons (Fsp3) is 0.636. The third-order valence-corrected chi connectivity index (χ3v) is 5.39. The first-order chi connectivity index (χ1) is 7.74. The Hall–Kier alpha value is 0.580. The standard InChI is InChI=1S/C11H18Br2N2S/c1-2-4-14-5-3-6-15-8-9-7-10(12)11(13)16-9/h7,14-15H,2-6,8H2,1H3. The smallest absolute Gasteiger partial charge is 0.0843 e. The van der Waals surface area contributed by atoms with E-state index >= 15 is 0 Å². The highest BCUT2D eigenvalue weighted by Gasteiger charge is 2.02. The van der Waals surface area contributed by atoms with E-state index in [-0.39, 0.29) is 0 Å². The second-order valence-electron chi connectivity index (χ2n) is 3.61. The van der Waals surface area contributed by atoms with Crippen molar-refractivity contribution >= 4 is 43.2 Å². The number of hydrogen-bond acceptors (Lipinski definition) is 3. The molecule has 2 nitrogen and oxygen atoms in total. The zero-order valence-electron chi connectivity index (χ0n) is 9.48. The van der Waals surface area contributed by atoms with Gasteiger partial charge >= 0.3 is 0 Å². The Morgan fingerprint density at radius 3 is 2.56 bits per heavy atom. The first-order valence-electron chi connectivity index (χ1n) is 5.59. The third kappa shape index (κ3) is 5.77. The molecule has 5 heteroatoms. The van der Waals surface area contributed by atoms with Gasteiger partial charge in [-0.15, -0.1) is 11.3 Å². The van der Waals surface area contributed by atoms with Gasteiger partial charge in [-0.05, 0) is 70.4 Å². The van der Waals surface area contributed by atoms with Crippen LogP contribution in [0.1, 0.15) is 24.6 Å². The minimum Gasteiger partial charge on any atom is -0.317 e. The molecule has 0 unspecified atom stereocenters. The number of hydrogen-bond donors (Lipinski definition) is 2. The Morgan fingerprint density at radius 1 is 1.19 bits per heavy atom. The van der Waals surface area contributed by atoms with Crippen LogP contribution < -0.4 is 10.6 Å². The molecule has 2 N–H and O–H groups in total. The average Bonchev–Trinajstić information content (AvgIpc) is 2.57. The van der Waals surface area contributed by atoms with E-state index in [9.17, 15) is 0 Å². The molecule has 0 aliphatic rings. The predicted molar refractivity (Wildman–Crippen MR) is 79.2 cm³/mol. The maximum atomic E-state index is 3.50. The van der Waals surface area contributed by atoms with Gasteiger partial charge in [-0.1, -0.05) is 6.92 Å². The van der Waals surface area contributed by atoms with Gasteiger partial charge < -0.3 is 10.6 Å². The molecule has 0 atom stereocenters. The molecule has 1 aromatic rings. The van der Waals surface area contributed by atoms with Gasteiger partial charge in [0.05, 0.1) is 3.79 Å². The Labute approximate surface area is 118 Å². The zero-order valence-corrected chi connectivity index (χ0v) is 13.5. The van der Waals surface area contributed by atoms with Crippen molar-refractivity contribution in [3.05, 3.63) is 19.2 Å². The van der Waals surface area contributed by atoms with E-state index in [0.29, 0.717) is 0 Å². The fourth-order valence-electron chi connectivity index (χ4n) is 1.33. The fourth-order valence-corrected chi connectivity index (χ4v) is 3.48. The van der Waals surface area contributed by atoms with Gasteiger partial charge in [-0.25, -0.2) is 0 Å². The molecule has 92 valence electrons. The van der Waals surface area contributed by atoms with Gasteiger partial charge in [0.25, 0.3) is 0 Å². The summed E-state index contributed by atoms with van der Waals surface area (Å²) in [5.74, 6) is 0. The van der Waals surface area contributed by atoms with Crippen LogP contribution in [0.4, 0.5) is 0 Å². The van der Waals surface area contributed by atoms with Crippen molar-refractivity contribution < 1.29 is 0 Å². The summed E-state index contributed by atoms with van der Waals surface area (Å²) in [5.41, 5.74) is 0. The van der Waals surface area contributed by atoms with Gasteiger partial charge in [0.2, 0.25) is 0 Å². The van der Waals surface area contributed by atoms with Gasteiger partial charge in [0.1, 0.15) is 0 Å². The maximum absolute atomic E-state index is 3.50. The van der Waals surface area contributed by atoms with Gasteiger partial charge in [0.15, 0.2) is 0 Å². The normalized spacial score (nSPS) is 10.9. The molecule has 1 rings (SSSR count). The molecule has 0 aliphatic carbocycles. The number of halogens is 2. The number of thiophene rings is 1. The molecule has 0 saturated heterocycles. The van der Waals surface area contributed by atoms with Crippen LogP contribution in [0, 0.1) is 0 Å². The van der Waals surface area contributed by atoms with Crippen LogP contribution in [0.15, 0.2) is 14.3 Å². The molecular weight excluding hydrogens is 352 g/mol. The molecule has 1 aromatic heterocycles.